The van der Waals surface area contributed by atoms with Crippen molar-refractivity contribution in [1.82, 2.24) is 14.8 Å². The molecule has 2 amide bonds. The van der Waals surface area contributed by atoms with Crippen molar-refractivity contribution in [1.29, 1.82) is 0 Å². The molecule has 25 heavy (non-hydrogen) atoms. The molecule has 0 saturated heterocycles. The summed E-state index contributed by atoms with van der Waals surface area (Å²) < 4.78 is 0. The highest BCUT2D eigenvalue weighted by atomic mass is 16.4. The number of nitrogens with zero attached hydrogens (tertiary/aromatic N) is 3. The van der Waals surface area contributed by atoms with Crippen molar-refractivity contribution >= 4 is 17.8 Å². The minimum absolute atomic E-state index is 0.00100. The molecule has 0 aliphatic heterocycles. The third-order valence-corrected chi connectivity index (χ3v) is 4.09. The van der Waals surface area contributed by atoms with Crippen molar-refractivity contribution < 1.29 is 19.5 Å². The Kier molecular flexibility index (Phi) is 8.00. The van der Waals surface area contributed by atoms with Crippen molar-refractivity contribution in [3.63, 3.8) is 0 Å². The van der Waals surface area contributed by atoms with Gasteiger partial charge in [0.15, 0.2) is 0 Å². The Morgan fingerprint density at radius 3 is 2.44 bits per heavy atom. The maximum Gasteiger partial charge on any atom is 0.335 e. The minimum Gasteiger partial charge on any atom is -0.478 e. The lowest BCUT2D eigenvalue weighted by atomic mass is 10.1. The Labute approximate surface area is 147 Å². The number of primary amides is 1. The molecule has 1 heterocycles. The smallest absolute Gasteiger partial charge is 0.335 e. The topological polar surface area (TPSA) is 117 Å². The van der Waals surface area contributed by atoms with Gasteiger partial charge in [0.05, 0.1) is 17.8 Å². The fraction of sp³-hybridized carbons (Fsp3) is 0.529. The summed E-state index contributed by atoms with van der Waals surface area (Å²) in [4.78, 5) is 42.3. The van der Waals surface area contributed by atoms with Crippen LogP contribution >= 0.6 is 0 Å². The van der Waals surface area contributed by atoms with E-state index in [9.17, 15) is 14.4 Å². The second-order valence-corrected chi connectivity index (χ2v) is 5.70. The van der Waals surface area contributed by atoms with Crippen LogP contribution in [0.3, 0.4) is 0 Å². The highest BCUT2D eigenvalue weighted by Gasteiger charge is 2.21. The molecule has 3 N–H and O–H groups in total. The van der Waals surface area contributed by atoms with E-state index in [2.05, 4.69) is 4.98 Å². The maximum atomic E-state index is 12.2. The van der Waals surface area contributed by atoms with Gasteiger partial charge in [0, 0.05) is 38.3 Å². The number of hydrogen-bond acceptors (Lipinski definition) is 5. The van der Waals surface area contributed by atoms with Crippen LogP contribution in [0.15, 0.2) is 18.3 Å². The average Bonchev–Trinajstić information content (AvgIpc) is 2.58. The van der Waals surface area contributed by atoms with E-state index < -0.39 is 11.9 Å². The van der Waals surface area contributed by atoms with Gasteiger partial charge in [-0.2, -0.15) is 0 Å². The zero-order valence-corrected chi connectivity index (χ0v) is 14.9. The van der Waals surface area contributed by atoms with Crippen LogP contribution in [0.5, 0.6) is 0 Å². The molecule has 1 unspecified atom stereocenters. The van der Waals surface area contributed by atoms with Crippen LogP contribution in [0.1, 0.15) is 49.3 Å². The molecule has 1 aromatic heterocycles. The van der Waals surface area contributed by atoms with Crippen molar-refractivity contribution in [2.75, 3.05) is 26.2 Å². The van der Waals surface area contributed by atoms with E-state index in [0.29, 0.717) is 25.3 Å². The number of carbonyl (C=O) groups excluding carboxylic acids is 2. The molecule has 0 fully saturated rings. The van der Waals surface area contributed by atoms with E-state index in [1.165, 1.54) is 18.3 Å². The zero-order chi connectivity index (χ0) is 19.0. The first-order valence-corrected chi connectivity index (χ1v) is 8.29. The maximum absolute atomic E-state index is 12.2. The van der Waals surface area contributed by atoms with E-state index in [4.69, 9.17) is 10.8 Å². The number of pyridine rings is 1. The summed E-state index contributed by atoms with van der Waals surface area (Å²) in [6.45, 7) is 7.17. The second-order valence-electron chi connectivity index (χ2n) is 5.70. The standard InChI is InChI=1S/C17H26N4O4/c1-4-20(5-2)16(23)7-9-21(11-15(18)22)12(3)14-10-13(17(24)25)6-8-19-14/h6,8,10,12H,4-5,7,9,11H2,1-3H3,(H2,18,22)(H,24,25). The van der Waals surface area contributed by atoms with Crippen molar-refractivity contribution in [2.45, 2.75) is 33.2 Å². The van der Waals surface area contributed by atoms with E-state index in [0.717, 1.165) is 0 Å². The molecule has 1 atom stereocenters. The van der Waals surface area contributed by atoms with E-state index in [1.54, 1.807) is 16.7 Å². The van der Waals surface area contributed by atoms with Crippen LogP contribution in [0.25, 0.3) is 0 Å². The van der Waals surface area contributed by atoms with Gasteiger partial charge in [-0.3, -0.25) is 19.5 Å². The van der Waals surface area contributed by atoms with Crippen molar-refractivity contribution in [3.8, 4) is 0 Å². The monoisotopic (exact) mass is 350 g/mol. The molecule has 0 aliphatic carbocycles. The summed E-state index contributed by atoms with van der Waals surface area (Å²) >= 11 is 0. The predicted octanol–water partition coefficient (Wildman–Crippen LogP) is 0.887. The number of carbonyl (C=O) groups is 3. The van der Waals surface area contributed by atoms with Crippen LogP contribution in [0.4, 0.5) is 0 Å². The SMILES string of the molecule is CCN(CC)C(=O)CCN(CC(N)=O)C(C)c1cc(C(=O)O)ccn1. The average molecular weight is 350 g/mol. The number of carboxylic acids is 1. The molecule has 8 nitrogen and oxygen atoms in total. The number of aromatic nitrogens is 1. The molecule has 0 aromatic carbocycles. The van der Waals surface area contributed by atoms with Crippen LogP contribution in [-0.2, 0) is 9.59 Å². The highest BCUT2D eigenvalue weighted by molar-refractivity contribution is 5.87. The van der Waals surface area contributed by atoms with Gasteiger partial charge >= 0.3 is 5.97 Å². The lowest BCUT2D eigenvalue weighted by Gasteiger charge is -2.28. The molecule has 0 bridgehead atoms. The summed E-state index contributed by atoms with van der Waals surface area (Å²) in [5, 5.41) is 9.10. The fourth-order valence-corrected chi connectivity index (χ4v) is 2.58. The Morgan fingerprint density at radius 1 is 1.28 bits per heavy atom. The fourth-order valence-electron chi connectivity index (χ4n) is 2.58. The largest absolute Gasteiger partial charge is 0.478 e. The zero-order valence-electron chi connectivity index (χ0n) is 14.9. The minimum atomic E-state index is -1.05. The van der Waals surface area contributed by atoms with Gasteiger partial charge < -0.3 is 15.7 Å². The van der Waals surface area contributed by atoms with E-state index >= 15 is 0 Å². The van der Waals surface area contributed by atoms with Crippen LogP contribution in [0, 0.1) is 0 Å². The molecule has 8 heteroatoms. The predicted molar refractivity (Wildman–Crippen MR) is 92.9 cm³/mol. The van der Waals surface area contributed by atoms with Crippen LogP contribution in [0.2, 0.25) is 0 Å². The van der Waals surface area contributed by atoms with E-state index in [-0.39, 0.29) is 30.5 Å². The number of amides is 2. The number of rotatable bonds is 10. The quantitative estimate of drug-likeness (QED) is 0.647. The molecule has 0 aliphatic rings. The third kappa shape index (κ3) is 6.15. The lowest BCUT2D eigenvalue weighted by molar-refractivity contribution is -0.131. The summed E-state index contributed by atoms with van der Waals surface area (Å²) in [7, 11) is 0. The van der Waals surface area contributed by atoms with Gasteiger partial charge in [0.25, 0.3) is 0 Å². The summed E-state index contributed by atoms with van der Waals surface area (Å²) in [6, 6.07) is 2.52. The van der Waals surface area contributed by atoms with Crippen molar-refractivity contribution in [2.24, 2.45) is 5.73 Å². The summed E-state index contributed by atoms with van der Waals surface area (Å²) in [5.74, 6) is -1.57. The highest BCUT2D eigenvalue weighted by Crippen LogP contribution is 2.19. The molecule has 138 valence electrons. The number of hydrogen-bond donors (Lipinski definition) is 2. The van der Waals surface area contributed by atoms with Gasteiger partial charge in [-0.15, -0.1) is 0 Å². The van der Waals surface area contributed by atoms with Gasteiger partial charge in [-0.05, 0) is 32.9 Å². The summed E-state index contributed by atoms with van der Waals surface area (Å²) in [6.07, 6.45) is 1.66. The Balaban J connectivity index is 2.90. The van der Waals surface area contributed by atoms with Gasteiger partial charge in [-0.1, -0.05) is 0 Å². The number of carboxylic acid groups (broad SMARTS) is 1. The normalized spacial score (nSPS) is 12.0. The Morgan fingerprint density at radius 2 is 1.92 bits per heavy atom. The molecule has 0 saturated carbocycles. The second kappa shape index (κ2) is 9.73. The molecular formula is C17H26N4O4. The van der Waals surface area contributed by atoms with E-state index in [1.807, 2.05) is 13.8 Å². The molecular weight excluding hydrogens is 324 g/mol. The summed E-state index contributed by atoms with van der Waals surface area (Å²) in [5.41, 5.74) is 5.95. The number of aromatic carboxylic acids is 1. The number of nitrogens with two attached hydrogens (primary N) is 1. The molecule has 1 aromatic rings. The Hall–Kier alpha value is -2.48. The molecule has 1 rings (SSSR count). The Bertz CT molecular complexity index is 616. The molecule has 0 spiro atoms. The first-order valence-electron chi connectivity index (χ1n) is 8.29. The lowest BCUT2D eigenvalue weighted by Crippen LogP contribution is -2.39. The van der Waals surface area contributed by atoms with Crippen LogP contribution < -0.4 is 5.73 Å². The third-order valence-electron chi connectivity index (χ3n) is 4.09. The van der Waals surface area contributed by atoms with Crippen LogP contribution in [-0.4, -0.2) is 63.9 Å². The van der Waals surface area contributed by atoms with Gasteiger partial charge in [0.2, 0.25) is 11.8 Å². The van der Waals surface area contributed by atoms with Gasteiger partial charge in [-0.25, -0.2) is 4.79 Å². The van der Waals surface area contributed by atoms with Gasteiger partial charge in [0.1, 0.15) is 0 Å². The molecule has 0 radical (unpaired) electrons. The van der Waals surface area contributed by atoms with Crippen molar-refractivity contribution in [3.05, 3.63) is 29.6 Å². The first kappa shape index (κ1) is 20.6. The first-order chi connectivity index (χ1) is 11.8.